The maximum absolute atomic E-state index is 13.4. The zero-order valence-corrected chi connectivity index (χ0v) is 18.7. The molecule has 2 aromatic rings. The number of Topliss-reactive ketones (excluding diaryl/α,β-unsaturated/α-hetero) is 1. The smallest absolute Gasteiger partial charge is 0.225 e. The first-order chi connectivity index (χ1) is 15.5. The Morgan fingerprint density at radius 1 is 0.812 bits per heavy atom. The number of ketones is 1. The second kappa shape index (κ2) is 8.94. The molecule has 1 aliphatic heterocycles. The summed E-state index contributed by atoms with van der Waals surface area (Å²) in [5, 5.41) is 2.96. The van der Waals surface area contributed by atoms with E-state index in [9.17, 15) is 9.59 Å². The molecule has 7 nitrogen and oxygen atoms in total. The molecule has 0 spiro atoms. The summed E-state index contributed by atoms with van der Waals surface area (Å²) >= 11 is 0. The van der Waals surface area contributed by atoms with Crippen LogP contribution in [0.15, 0.2) is 47.7 Å². The van der Waals surface area contributed by atoms with E-state index >= 15 is 0 Å². The van der Waals surface area contributed by atoms with Crippen LogP contribution in [-0.2, 0) is 9.59 Å². The molecule has 1 aliphatic carbocycles. The van der Waals surface area contributed by atoms with E-state index in [-0.39, 0.29) is 29.9 Å². The SMILES string of the molecule is COc1ccccc1[C@H]1CC(=O)NC2=C1C(=O)C[C@@H](c1cc(OC)c(OC)c(OC)c1)C2. The normalized spacial score (nSPS) is 20.4. The van der Waals surface area contributed by atoms with Gasteiger partial charge in [0.25, 0.3) is 0 Å². The molecule has 0 fully saturated rings. The van der Waals surface area contributed by atoms with E-state index < -0.39 is 0 Å². The van der Waals surface area contributed by atoms with Crippen LogP contribution < -0.4 is 24.3 Å². The summed E-state index contributed by atoms with van der Waals surface area (Å²) in [6.45, 7) is 0. The standard InChI is InChI=1S/C25H27NO6/c1-29-20-8-6-5-7-16(20)17-13-23(28)26-18-9-14(10-19(27)24(17)18)15-11-21(30-2)25(32-4)22(12-15)31-3/h5-8,11-12,14,17H,9-10,13H2,1-4H3,(H,26,28)/t14-,17+/m0/s1. The molecule has 0 radical (unpaired) electrons. The van der Waals surface area contributed by atoms with Crippen molar-refractivity contribution in [2.45, 2.75) is 31.1 Å². The first-order valence-electron chi connectivity index (χ1n) is 10.5. The van der Waals surface area contributed by atoms with Gasteiger partial charge in [0.1, 0.15) is 5.75 Å². The highest BCUT2D eigenvalue weighted by molar-refractivity contribution is 6.02. The molecule has 0 saturated heterocycles. The van der Waals surface area contributed by atoms with Crippen LogP contribution in [-0.4, -0.2) is 40.1 Å². The summed E-state index contributed by atoms with van der Waals surface area (Å²) in [6, 6.07) is 11.3. The Bertz CT molecular complexity index is 1060. The van der Waals surface area contributed by atoms with Crippen molar-refractivity contribution in [2.75, 3.05) is 28.4 Å². The second-order valence-electron chi connectivity index (χ2n) is 7.93. The summed E-state index contributed by atoms with van der Waals surface area (Å²) in [7, 11) is 6.27. The van der Waals surface area contributed by atoms with E-state index in [0.717, 1.165) is 11.1 Å². The minimum Gasteiger partial charge on any atom is -0.496 e. The number of ether oxygens (including phenoxy) is 4. The van der Waals surface area contributed by atoms with Gasteiger partial charge in [0.15, 0.2) is 17.3 Å². The minimum absolute atomic E-state index is 0.0286. The fraction of sp³-hybridized carbons (Fsp3) is 0.360. The van der Waals surface area contributed by atoms with Crippen molar-refractivity contribution >= 4 is 11.7 Å². The van der Waals surface area contributed by atoms with E-state index in [1.807, 2.05) is 36.4 Å². The van der Waals surface area contributed by atoms with E-state index in [4.69, 9.17) is 18.9 Å². The topological polar surface area (TPSA) is 83.1 Å². The predicted octanol–water partition coefficient (Wildman–Crippen LogP) is 3.73. The van der Waals surface area contributed by atoms with Gasteiger partial charge in [-0.2, -0.15) is 0 Å². The molecule has 168 valence electrons. The second-order valence-corrected chi connectivity index (χ2v) is 7.93. The summed E-state index contributed by atoms with van der Waals surface area (Å²) < 4.78 is 21.9. The van der Waals surface area contributed by atoms with Gasteiger partial charge in [-0.15, -0.1) is 0 Å². The lowest BCUT2D eigenvalue weighted by Gasteiger charge is -2.35. The van der Waals surface area contributed by atoms with Crippen LogP contribution in [0, 0.1) is 0 Å². The van der Waals surface area contributed by atoms with Crippen LogP contribution in [0.25, 0.3) is 0 Å². The molecule has 7 heteroatoms. The quantitative estimate of drug-likeness (QED) is 0.742. The number of carbonyl (C=O) groups is 2. The molecule has 1 amide bonds. The average molecular weight is 437 g/mol. The predicted molar refractivity (Wildman–Crippen MR) is 119 cm³/mol. The van der Waals surface area contributed by atoms with Crippen molar-refractivity contribution in [2.24, 2.45) is 0 Å². The fourth-order valence-electron chi connectivity index (χ4n) is 4.75. The molecule has 1 heterocycles. The zero-order chi connectivity index (χ0) is 22.8. The van der Waals surface area contributed by atoms with Gasteiger partial charge in [-0.25, -0.2) is 0 Å². The number of benzene rings is 2. The molecule has 32 heavy (non-hydrogen) atoms. The average Bonchev–Trinajstić information content (AvgIpc) is 2.81. The van der Waals surface area contributed by atoms with Crippen molar-refractivity contribution in [1.29, 1.82) is 0 Å². The Labute approximate surface area is 187 Å². The van der Waals surface area contributed by atoms with Gasteiger partial charge in [-0.05, 0) is 36.1 Å². The van der Waals surface area contributed by atoms with Crippen molar-refractivity contribution in [3.05, 3.63) is 58.8 Å². The van der Waals surface area contributed by atoms with Crippen molar-refractivity contribution in [3.8, 4) is 23.0 Å². The van der Waals surface area contributed by atoms with Gasteiger partial charge in [0.05, 0.1) is 28.4 Å². The molecule has 1 N–H and O–H groups in total. The lowest BCUT2D eigenvalue weighted by atomic mass is 9.73. The van der Waals surface area contributed by atoms with Gasteiger partial charge < -0.3 is 24.3 Å². The maximum Gasteiger partial charge on any atom is 0.225 e. The number of methoxy groups -OCH3 is 4. The van der Waals surface area contributed by atoms with Gasteiger partial charge >= 0.3 is 0 Å². The molecular weight excluding hydrogens is 410 g/mol. The zero-order valence-electron chi connectivity index (χ0n) is 18.7. The van der Waals surface area contributed by atoms with E-state index in [2.05, 4.69) is 5.32 Å². The monoisotopic (exact) mass is 437 g/mol. The number of para-hydroxylation sites is 1. The third kappa shape index (κ3) is 3.79. The number of nitrogens with one attached hydrogen (secondary N) is 1. The number of hydrogen-bond acceptors (Lipinski definition) is 6. The van der Waals surface area contributed by atoms with E-state index in [1.165, 1.54) is 0 Å². The van der Waals surface area contributed by atoms with Gasteiger partial charge in [-0.1, -0.05) is 18.2 Å². The van der Waals surface area contributed by atoms with Crippen LogP contribution in [0.1, 0.15) is 42.2 Å². The molecule has 0 aromatic heterocycles. The Morgan fingerprint density at radius 2 is 1.47 bits per heavy atom. The van der Waals surface area contributed by atoms with E-state index in [1.54, 1.807) is 28.4 Å². The first-order valence-corrected chi connectivity index (χ1v) is 10.5. The minimum atomic E-state index is -0.316. The third-order valence-electron chi connectivity index (χ3n) is 6.21. The van der Waals surface area contributed by atoms with E-state index in [0.29, 0.717) is 47.1 Å². The lowest BCUT2D eigenvalue weighted by molar-refractivity contribution is -0.122. The third-order valence-corrected chi connectivity index (χ3v) is 6.21. The van der Waals surface area contributed by atoms with Crippen LogP contribution in [0.2, 0.25) is 0 Å². The summed E-state index contributed by atoms with van der Waals surface area (Å²) in [5.41, 5.74) is 3.12. The molecule has 2 atom stereocenters. The van der Waals surface area contributed by atoms with Gasteiger partial charge in [0, 0.05) is 35.6 Å². The lowest BCUT2D eigenvalue weighted by Crippen LogP contribution is -2.38. The number of carbonyl (C=O) groups excluding carboxylic acids is 2. The highest BCUT2D eigenvalue weighted by atomic mass is 16.5. The van der Waals surface area contributed by atoms with Crippen molar-refractivity contribution < 1.29 is 28.5 Å². The summed E-state index contributed by atoms with van der Waals surface area (Å²) in [6.07, 6.45) is 1.09. The van der Waals surface area contributed by atoms with Crippen molar-refractivity contribution in [1.82, 2.24) is 5.32 Å². The van der Waals surface area contributed by atoms with Crippen LogP contribution in [0.3, 0.4) is 0 Å². The van der Waals surface area contributed by atoms with Crippen LogP contribution in [0.4, 0.5) is 0 Å². The van der Waals surface area contributed by atoms with Crippen LogP contribution in [0.5, 0.6) is 23.0 Å². The number of rotatable bonds is 6. The molecule has 0 saturated carbocycles. The molecule has 4 rings (SSSR count). The van der Waals surface area contributed by atoms with Gasteiger partial charge in [-0.3, -0.25) is 9.59 Å². The number of allylic oxidation sites excluding steroid dienone is 2. The summed E-state index contributed by atoms with van der Waals surface area (Å²) in [5.74, 6) is 1.75. The molecule has 0 bridgehead atoms. The maximum atomic E-state index is 13.4. The molecule has 2 aliphatic rings. The Morgan fingerprint density at radius 3 is 2.09 bits per heavy atom. The number of amides is 1. The Balaban J connectivity index is 1.74. The first kappa shape index (κ1) is 21.7. The Kier molecular flexibility index (Phi) is 6.08. The molecule has 0 unspecified atom stereocenters. The summed E-state index contributed by atoms with van der Waals surface area (Å²) in [4.78, 5) is 26.0. The van der Waals surface area contributed by atoms with Crippen molar-refractivity contribution in [3.63, 3.8) is 0 Å². The van der Waals surface area contributed by atoms with Crippen LogP contribution >= 0.6 is 0 Å². The number of hydrogen-bond donors (Lipinski definition) is 1. The molecule has 2 aromatic carbocycles. The Hall–Kier alpha value is -3.48. The fourth-order valence-corrected chi connectivity index (χ4v) is 4.75. The highest BCUT2D eigenvalue weighted by Crippen LogP contribution is 2.47. The van der Waals surface area contributed by atoms with Gasteiger partial charge in [0.2, 0.25) is 11.7 Å². The highest BCUT2D eigenvalue weighted by Gasteiger charge is 2.39. The largest absolute Gasteiger partial charge is 0.496 e. The molecular formula is C25H27NO6.